The van der Waals surface area contributed by atoms with Crippen LogP contribution in [-0.4, -0.2) is 24.0 Å². The van der Waals surface area contributed by atoms with Crippen molar-refractivity contribution in [3.8, 4) is 0 Å². The summed E-state index contributed by atoms with van der Waals surface area (Å²) in [6, 6.07) is 0. The number of oxazole rings is 1. The number of ether oxygens (including phenoxy) is 1. The molecule has 1 rings (SSSR count). The van der Waals surface area contributed by atoms with E-state index >= 15 is 0 Å². The Morgan fingerprint density at radius 1 is 1.50 bits per heavy atom. The van der Waals surface area contributed by atoms with E-state index in [1.165, 1.54) is 13.5 Å². The van der Waals surface area contributed by atoms with E-state index in [9.17, 15) is 9.59 Å². The Labute approximate surface area is 93.0 Å². The van der Waals surface area contributed by atoms with E-state index in [-0.39, 0.29) is 25.3 Å². The van der Waals surface area contributed by atoms with Crippen LogP contribution in [0.1, 0.15) is 24.3 Å². The number of aryl methyl sites for hydroxylation is 1. The van der Waals surface area contributed by atoms with Crippen LogP contribution < -0.4 is 5.32 Å². The maximum absolute atomic E-state index is 11.3. The molecule has 1 aromatic rings. The molecule has 1 N–H and O–H groups in total. The lowest BCUT2D eigenvalue weighted by atomic mass is 10.3. The molecule has 0 saturated heterocycles. The summed E-state index contributed by atoms with van der Waals surface area (Å²) in [5, 5.41) is 2.62. The standard InChI is InChI=1S/C10H14N2O4/c1-7-8(16-6-12-7)5-11-9(13)3-4-10(14)15-2/h6H,3-5H2,1-2H3,(H,11,13). The summed E-state index contributed by atoms with van der Waals surface area (Å²) in [5.41, 5.74) is 0.744. The molecule has 0 unspecified atom stereocenters. The third-order valence-electron chi connectivity index (χ3n) is 2.07. The van der Waals surface area contributed by atoms with Crippen LogP contribution in [0.25, 0.3) is 0 Å². The Morgan fingerprint density at radius 3 is 2.81 bits per heavy atom. The lowest BCUT2D eigenvalue weighted by Crippen LogP contribution is -2.23. The van der Waals surface area contributed by atoms with Gasteiger partial charge in [-0.3, -0.25) is 9.59 Å². The highest BCUT2D eigenvalue weighted by Crippen LogP contribution is 2.04. The van der Waals surface area contributed by atoms with Crippen LogP contribution in [0, 0.1) is 6.92 Å². The third-order valence-corrected chi connectivity index (χ3v) is 2.07. The van der Waals surface area contributed by atoms with E-state index < -0.39 is 5.97 Å². The second-order valence-electron chi connectivity index (χ2n) is 3.21. The van der Waals surface area contributed by atoms with Crippen molar-refractivity contribution < 1.29 is 18.7 Å². The van der Waals surface area contributed by atoms with Gasteiger partial charge in [0.2, 0.25) is 5.91 Å². The molecule has 0 aliphatic rings. The van der Waals surface area contributed by atoms with Crippen molar-refractivity contribution in [1.29, 1.82) is 0 Å². The first-order valence-corrected chi connectivity index (χ1v) is 4.86. The summed E-state index contributed by atoms with van der Waals surface area (Å²) in [6.07, 6.45) is 1.52. The summed E-state index contributed by atoms with van der Waals surface area (Å²) in [6.45, 7) is 2.07. The number of nitrogens with one attached hydrogen (secondary N) is 1. The smallest absolute Gasteiger partial charge is 0.306 e. The number of carbonyl (C=O) groups excluding carboxylic acids is 2. The van der Waals surface area contributed by atoms with Gasteiger partial charge < -0.3 is 14.5 Å². The molecular formula is C10H14N2O4. The van der Waals surface area contributed by atoms with Crippen molar-refractivity contribution in [2.45, 2.75) is 26.3 Å². The first kappa shape index (κ1) is 12.2. The van der Waals surface area contributed by atoms with Crippen LogP contribution in [0.3, 0.4) is 0 Å². The van der Waals surface area contributed by atoms with E-state index in [2.05, 4.69) is 15.0 Å². The molecule has 0 saturated carbocycles. The second-order valence-corrected chi connectivity index (χ2v) is 3.21. The normalized spacial score (nSPS) is 9.88. The molecule has 0 aliphatic heterocycles. The molecule has 0 radical (unpaired) electrons. The number of nitrogens with zero attached hydrogens (tertiary/aromatic N) is 1. The number of aromatic nitrogens is 1. The lowest BCUT2D eigenvalue weighted by Gasteiger charge is -2.02. The van der Waals surface area contributed by atoms with Gasteiger partial charge in [-0.2, -0.15) is 0 Å². The molecule has 0 aliphatic carbocycles. The van der Waals surface area contributed by atoms with Crippen LogP contribution in [0.5, 0.6) is 0 Å². The summed E-state index contributed by atoms with van der Waals surface area (Å²) in [5.74, 6) is -0.00128. The highest BCUT2D eigenvalue weighted by atomic mass is 16.5. The first-order valence-electron chi connectivity index (χ1n) is 4.86. The van der Waals surface area contributed by atoms with Crippen molar-refractivity contribution in [2.24, 2.45) is 0 Å². The number of esters is 1. The van der Waals surface area contributed by atoms with Gasteiger partial charge in [-0.05, 0) is 6.92 Å². The Morgan fingerprint density at radius 2 is 2.25 bits per heavy atom. The largest absolute Gasteiger partial charge is 0.469 e. The van der Waals surface area contributed by atoms with Crippen LogP contribution in [0.15, 0.2) is 10.8 Å². The average Bonchev–Trinajstić information content (AvgIpc) is 2.69. The van der Waals surface area contributed by atoms with Gasteiger partial charge in [0.25, 0.3) is 0 Å². The van der Waals surface area contributed by atoms with Crippen molar-refractivity contribution >= 4 is 11.9 Å². The molecule has 0 atom stereocenters. The number of carbonyl (C=O) groups is 2. The SMILES string of the molecule is COC(=O)CCC(=O)NCc1ocnc1C. The third kappa shape index (κ3) is 3.72. The summed E-state index contributed by atoms with van der Waals surface area (Å²) in [7, 11) is 1.29. The van der Waals surface area contributed by atoms with Crippen LogP contribution in [0.4, 0.5) is 0 Å². The number of hydrogen-bond acceptors (Lipinski definition) is 5. The van der Waals surface area contributed by atoms with E-state index in [1.807, 2.05) is 0 Å². The minimum Gasteiger partial charge on any atom is -0.469 e. The van der Waals surface area contributed by atoms with Crippen molar-refractivity contribution in [3.63, 3.8) is 0 Å². The maximum atomic E-state index is 11.3. The van der Waals surface area contributed by atoms with Gasteiger partial charge in [0.1, 0.15) is 5.76 Å². The minimum atomic E-state index is -0.397. The molecule has 6 heteroatoms. The predicted octanol–water partition coefficient (Wildman–Crippen LogP) is 0.552. The molecule has 1 aromatic heterocycles. The highest BCUT2D eigenvalue weighted by Gasteiger charge is 2.08. The second kappa shape index (κ2) is 5.89. The van der Waals surface area contributed by atoms with Gasteiger partial charge in [0, 0.05) is 6.42 Å². The van der Waals surface area contributed by atoms with Gasteiger partial charge >= 0.3 is 5.97 Å². The van der Waals surface area contributed by atoms with Crippen LogP contribution in [-0.2, 0) is 20.9 Å². The molecule has 0 aromatic carbocycles. The van der Waals surface area contributed by atoms with Gasteiger partial charge in [-0.25, -0.2) is 4.98 Å². The van der Waals surface area contributed by atoms with Gasteiger partial charge in [-0.1, -0.05) is 0 Å². The molecule has 88 valence electrons. The Kier molecular flexibility index (Phi) is 4.50. The number of methoxy groups -OCH3 is 1. The van der Waals surface area contributed by atoms with E-state index in [1.54, 1.807) is 6.92 Å². The maximum Gasteiger partial charge on any atom is 0.306 e. The minimum absolute atomic E-state index is 0.0811. The Hall–Kier alpha value is -1.85. The molecule has 6 nitrogen and oxygen atoms in total. The zero-order valence-electron chi connectivity index (χ0n) is 9.28. The average molecular weight is 226 g/mol. The molecular weight excluding hydrogens is 212 g/mol. The Bertz CT molecular complexity index is 373. The zero-order valence-corrected chi connectivity index (χ0v) is 9.28. The fraction of sp³-hybridized carbons (Fsp3) is 0.500. The molecule has 0 spiro atoms. The van der Waals surface area contributed by atoms with Crippen LogP contribution >= 0.6 is 0 Å². The lowest BCUT2D eigenvalue weighted by molar-refractivity contribution is -0.142. The van der Waals surface area contributed by atoms with Crippen molar-refractivity contribution in [1.82, 2.24) is 10.3 Å². The number of hydrogen-bond donors (Lipinski definition) is 1. The number of rotatable bonds is 5. The fourth-order valence-corrected chi connectivity index (χ4v) is 1.08. The zero-order chi connectivity index (χ0) is 12.0. The van der Waals surface area contributed by atoms with Crippen molar-refractivity contribution in [3.05, 3.63) is 17.8 Å². The van der Waals surface area contributed by atoms with E-state index in [0.29, 0.717) is 5.76 Å². The van der Waals surface area contributed by atoms with Gasteiger partial charge in [-0.15, -0.1) is 0 Å². The molecule has 16 heavy (non-hydrogen) atoms. The summed E-state index contributed by atoms with van der Waals surface area (Å²) < 4.78 is 9.47. The van der Waals surface area contributed by atoms with E-state index in [4.69, 9.17) is 4.42 Å². The molecule has 0 fully saturated rings. The van der Waals surface area contributed by atoms with Gasteiger partial charge in [0.05, 0.1) is 25.8 Å². The quantitative estimate of drug-likeness (QED) is 0.741. The number of amides is 1. The monoisotopic (exact) mass is 226 g/mol. The summed E-state index contributed by atoms with van der Waals surface area (Å²) >= 11 is 0. The van der Waals surface area contributed by atoms with Crippen molar-refractivity contribution in [2.75, 3.05) is 7.11 Å². The molecule has 1 heterocycles. The molecule has 1 amide bonds. The predicted molar refractivity (Wildman–Crippen MR) is 54.3 cm³/mol. The highest BCUT2D eigenvalue weighted by molar-refractivity contribution is 5.81. The molecule has 0 bridgehead atoms. The topological polar surface area (TPSA) is 81.4 Å². The summed E-state index contributed by atoms with van der Waals surface area (Å²) in [4.78, 5) is 26.0. The van der Waals surface area contributed by atoms with Crippen LogP contribution in [0.2, 0.25) is 0 Å². The van der Waals surface area contributed by atoms with E-state index in [0.717, 1.165) is 5.69 Å². The first-order chi connectivity index (χ1) is 7.63. The Balaban J connectivity index is 2.25. The van der Waals surface area contributed by atoms with Gasteiger partial charge in [0.15, 0.2) is 6.39 Å². The fourth-order valence-electron chi connectivity index (χ4n) is 1.08.